The van der Waals surface area contributed by atoms with Crippen LogP contribution < -0.4 is 5.73 Å². The molecule has 0 amide bonds. The lowest BCUT2D eigenvalue weighted by molar-refractivity contribution is -0.129. The highest BCUT2D eigenvalue weighted by Gasteiger charge is 2.39. The molecular formula is C14H19BrFNO. The number of hydrogen-bond acceptors (Lipinski definition) is 2. The maximum Gasteiger partial charge on any atom is 0.144 e. The van der Waals surface area contributed by atoms with Gasteiger partial charge >= 0.3 is 0 Å². The van der Waals surface area contributed by atoms with Crippen LogP contribution in [-0.4, -0.2) is 11.3 Å². The fourth-order valence-electron chi connectivity index (χ4n) is 1.42. The first kappa shape index (κ1) is 15.3. The zero-order chi connectivity index (χ0) is 14.1. The number of ketones is 1. The minimum absolute atomic E-state index is 0.0591. The van der Waals surface area contributed by atoms with E-state index in [9.17, 15) is 9.18 Å². The van der Waals surface area contributed by atoms with E-state index in [4.69, 9.17) is 5.73 Å². The van der Waals surface area contributed by atoms with Crippen LogP contribution in [-0.2, 0) is 11.2 Å². The molecule has 2 nitrogen and oxygen atoms in total. The standard InChI is InChI=1S/C14H19BrFNO/c1-13(2,14(3,4)17)12(18)7-9-5-6-10(15)8-11(9)16/h5-6,8H,7,17H2,1-4H3. The quantitative estimate of drug-likeness (QED) is 0.924. The number of halogens is 2. The molecule has 0 aliphatic rings. The number of nitrogens with two attached hydrogens (primary N) is 1. The minimum atomic E-state index is -0.702. The lowest BCUT2D eigenvalue weighted by atomic mass is 9.71. The van der Waals surface area contributed by atoms with Crippen molar-refractivity contribution in [1.29, 1.82) is 0 Å². The molecule has 1 aromatic rings. The highest BCUT2D eigenvalue weighted by atomic mass is 79.9. The Kier molecular flexibility index (Phi) is 4.34. The normalized spacial score (nSPS) is 12.6. The van der Waals surface area contributed by atoms with Crippen molar-refractivity contribution in [3.8, 4) is 0 Å². The third-order valence-corrected chi connectivity index (χ3v) is 4.17. The highest BCUT2D eigenvalue weighted by molar-refractivity contribution is 9.10. The van der Waals surface area contributed by atoms with Crippen molar-refractivity contribution in [3.63, 3.8) is 0 Å². The Balaban J connectivity index is 2.95. The van der Waals surface area contributed by atoms with Gasteiger partial charge in [-0.2, -0.15) is 0 Å². The van der Waals surface area contributed by atoms with E-state index in [-0.39, 0.29) is 18.0 Å². The zero-order valence-corrected chi connectivity index (χ0v) is 12.8. The second-order valence-corrected chi connectivity index (χ2v) is 6.60. The monoisotopic (exact) mass is 315 g/mol. The molecule has 0 fully saturated rings. The van der Waals surface area contributed by atoms with Crippen molar-refractivity contribution in [2.45, 2.75) is 39.7 Å². The number of rotatable bonds is 4. The largest absolute Gasteiger partial charge is 0.325 e. The Labute approximate surface area is 116 Å². The van der Waals surface area contributed by atoms with Crippen LogP contribution in [0.25, 0.3) is 0 Å². The summed E-state index contributed by atoms with van der Waals surface area (Å²) < 4.78 is 14.3. The molecule has 0 radical (unpaired) electrons. The molecule has 4 heteroatoms. The molecule has 1 aromatic carbocycles. The first-order chi connectivity index (χ1) is 8.05. The molecule has 18 heavy (non-hydrogen) atoms. The molecule has 0 aliphatic heterocycles. The lowest BCUT2D eigenvalue weighted by Gasteiger charge is -2.37. The van der Waals surface area contributed by atoms with Crippen molar-refractivity contribution in [3.05, 3.63) is 34.1 Å². The van der Waals surface area contributed by atoms with E-state index in [1.165, 1.54) is 6.07 Å². The number of Topliss-reactive ketones (excluding diaryl/α,β-unsaturated/α-hetero) is 1. The lowest BCUT2D eigenvalue weighted by Crippen LogP contribution is -2.52. The SMILES string of the molecule is CC(C)(N)C(C)(C)C(=O)Cc1ccc(Br)cc1F. The van der Waals surface area contributed by atoms with Gasteiger partial charge in [-0.3, -0.25) is 4.79 Å². The topological polar surface area (TPSA) is 43.1 Å². The van der Waals surface area contributed by atoms with Gasteiger partial charge in [0.2, 0.25) is 0 Å². The minimum Gasteiger partial charge on any atom is -0.325 e. The van der Waals surface area contributed by atoms with Crippen LogP contribution >= 0.6 is 15.9 Å². The maximum atomic E-state index is 13.7. The average molecular weight is 316 g/mol. The smallest absolute Gasteiger partial charge is 0.144 e. The summed E-state index contributed by atoms with van der Waals surface area (Å²) in [4.78, 5) is 12.3. The summed E-state index contributed by atoms with van der Waals surface area (Å²) in [5, 5.41) is 0. The fraction of sp³-hybridized carbons (Fsp3) is 0.500. The van der Waals surface area contributed by atoms with Crippen LogP contribution in [0, 0.1) is 11.2 Å². The molecule has 1 rings (SSSR count). The summed E-state index contributed by atoms with van der Waals surface area (Å²) in [6.45, 7) is 7.21. The van der Waals surface area contributed by atoms with Crippen molar-refractivity contribution >= 4 is 21.7 Å². The maximum absolute atomic E-state index is 13.7. The van der Waals surface area contributed by atoms with Gasteiger partial charge in [0, 0.05) is 21.8 Å². The number of carbonyl (C=O) groups excluding carboxylic acids is 1. The highest BCUT2D eigenvalue weighted by Crippen LogP contribution is 2.31. The Hall–Kier alpha value is -0.740. The third kappa shape index (κ3) is 3.18. The third-order valence-electron chi connectivity index (χ3n) is 3.67. The Morgan fingerprint density at radius 2 is 1.89 bits per heavy atom. The number of benzene rings is 1. The molecule has 0 spiro atoms. The second-order valence-electron chi connectivity index (χ2n) is 5.68. The van der Waals surface area contributed by atoms with Gasteiger partial charge in [0.1, 0.15) is 11.6 Å². The van der Waals surface area contributed by atoms with Crippen molar-refractivity contribution < 1.29 is 9.18 Å². The summed E-state index contributed by atoms with van der Waals surface area (Å²) >= 11 is 3.19. The predicted molar refractivity (Wildman–Crippen MR) is 74.9 cm³/mol. The summed E-state index contributed by atoms with van der Waals surface area (Å²) in [6, 6.07) is 4.71. The first-order valence-corrected chi connectivity index (χ1v) is 6.61. The van der Waals surface area contributed by atoms with Crippen molar-refractivity contribution in [2.24, 2.45) is 11.1 Å². The van der Waals surface area contributed by atoms with Crippen molar-refractivity contribution in [2.75, 3.05) is 0 Å². The van der Waals surface area contributed by atoms with Crippen LogP contribution in [0.15, 0.2) is 22.7 Å². The molecule has 0 aliphatic carbocycles. The average Bonchev–Trinajstić information content (AvgIpc) is 2.20. The molecular weight excluding hydrogens is 297 g/mol. The molecule has 0 saturated heterocycles. The van der Waals surface area contributed by atoms with Gasteiger partial charge in [0.05, 0.1) is 0 Å². The summed E-state index contributed by atoms with van der Waals surface area (Å²) in [5.41, 5.74) is 5.07. The van der Waals surface area contributed by atoms with Gasteiger partial charge in [-0.15, -0.1) is 0 Å². The van der Waals surface area contributed by atoms with E-state index in [2.05, 4.69) is 15.9 Å². The number of hydrogen-bond donors (Lipinski definition) is 1. The fourth-order valence-corrected chi connectivity index (χ4v) is 1.75. The van der Waals surface area contributed by atoms with Crippen LogP contribution in [0.2, 0.25) is 0 Å². The van der Waals surface area contributed by atoms with Gasteiger partial charge in [-0.05, 0) is 31.5 Å². The molecule has 100 valence electrons. The van der Waals surface area contributed by atoms with Crippen molar-refractivity contribution in [1.82, 2.24) is 0 Å². The predicted octanol–water partition coefficient (Wildman–Crippen LogP) is 3.46. The van der Waals surface area contributed by atoms with E-state index in [1.54, 1.807) is 26.0 Å². The van der Waals surface area contributed by atoms with Gasteiger partial charge in [0.15, 0.2) is 0 Å². The van der Waals surface area contributed by atoms with Crippen LogP contribution in [0.5, 0.6) is 0 Å². The van der Waals surface area contributed by atoms with Crippen LogP contribution in [0.1, 0.15) is 33.3 Å². The first-order valence-electron chi connectivity index (χ1n) is 5.82. The Bertz CT molecular complexity index is 463. The van der Waals surface area contributed by atoms with Gasteiger partial charge in [-0.25, -0.2) is 4.39 Å². The van der Waals surface area contributed by atoms with E-state index in [0.29, 0.717) is 10.0 Å². The summed E-state index contributed by atoms with van der Waals surface area (Å²) in [6.07, 6.45) is 0.0622. The Morgan fingerprint density at radius 3 is 2.33 bits per heavy atom. The van der Waals surface area contributed by atoms with Gasteiger partial charge in [-0.1, -0.05) is 35.8 Å². The van der Waals surface area contributed by atoms with Gasteiger partial charge < -0.3 is 5.73 Å². The van der Waals surface area contributed by atoms with E-state index >= 15 is 0 Å². The number of carbonyl (C=O) groups is 1. The van der Waals surface area contributed by atoms with E-state index in [0.717, 1.165) is 0 Å². The molecule has 0 bridgehead atoms. The summed E-state index contributed by atoms with van der Waals surface area (Å²) in [5.74, 6) is -0.431. The zero-order valence-electron chi connectivity index (χ0n) is 11.2. The molecule has 2 N–H and O–H groups in total. The van der Waals surface area contributed by atoms with E-state index < -0.39 is 11.0 Å². The van der Waals surface area contributed by atoms with E-state index in [1.807, 2.05) is 13.8 Å². The Morgan fingerprint density at radius 1 is 1.33 bits per heavy atom. The molecule has 0 unspecified atom stereocenters. The second kappa shape index (κ2) is 5.10. The van der Waals surface area contributed by atoms with Crippen LogP contribution in [0.3, 0.4) is 0 Å². The molecule has 0 atom stereocenters. The molecule has 0 aromatic heterocycles. The molecule has 0 saturated carbocycles. The van der Waals surface area contributed by atoms with Gasteiger partial charge in [0.25, 0.3) is 0 Å². The molecule has 0 heterocycles. The summed E-state index contributed by atoms with van der Waals surface area (Å²) in [7, 11) is 0. The van der Waals surface area contributed by atoms with Crippen LogP contribution in [0.4, 0.5) is 4.39 Å².